The Morgan fingerprint density at radius 2 is 1.86 bits per heavy atom. The molecule has 0 aliphatic carbocycles. The second kappa shape index (κ2) is 12.9. The molecule has 3 rings (SSSR count). The van der Waals surface area contributed by atoms with Crippen LogP contribution in [-0.2, 0) is 9.53 Å². The van der Waals surface area contributed by atoms with Gasteiger partial charge < -0.3 is 19.3 Å². The van der Waals surface area contributed by atoms with Gasteiger partial charge in [0.05, 0.1) is 29.0 Å². The van der Waals surface area contributed by atoms with E-state index >= 15 is 0 Å². The van der Waals surface area contributed by atoms with E-state index in [0.29, 0.717) is 28.8 Å². The maximum absolute atomic E-state index is 12.9. The highest BCUT2D eigenvalue weighted by molar-refractivity contribution is 8.01. The molecule has 1 amide bonds. The molecule has 1 aromatic heterocycles. The highest BCUT2D eigenvalue weighted by Gasteiger charge is 2.16. The van der Waals surface area contributed by atoms with Crippen molar-refractivity contribution in [3.8, 4) is 11.5 Å². The highest BCUT2D eigenvalue weighted by Crippen LogP contribution is 2.30. The second-order valence-corrected chi connectivity index (χ2v) is 9.69. The van der Waals surface area contributed by atoms with Gasteiger partial charge in [0.1, 0.15) is 17.6 Å². The monoisotopic (exact) mass is 516 g/mol. The molecule has 0 spiro atoms. The molecule has 0 saturated heterocycles. The van der Waals surface area contributed by atoms with Crippen molar-refractivity contribution in [3.63, 3.8) is 0 Å². The number of rotatable bonds is 12. The van der Waals surface area contributed by atoms with Gasteiger partial charge in [-0.05, 0) is 31.2 Å². The van der Waals surface area contributed by atoms with E-state index in [4.69, 9.17) is 19.3 Å². The van der Waals surface area contributed by atoms with Crippen LogP contribution in [0.4, 0.5) is 5.13 Å². The van der Waals surface area contributed by atoms with Crippen LogP contribution in [0.25, 0.3) is 0 Å². The molecule has 3 aromatic rings. The van der Waals surface area contributed by atoms with Crippen molar-refractivity contribution < 1.29 is 33.7 Å². The summed E-state index contributed by atoms with van der Waals surface area (Å²) in [6.45, 7) is 2.14. The van der Waals surface area contributed by atoms with Crippen LogP contribution in [0.1, 0.15) is 34.1 Å². The Kier molecular flexibility index (Phi) is 9.65. The van der Waals surface area contributed by atoms with Gasteiger partial charge in [0.15, 0.2) is 5.13 Å². The number of carbonyl (C=O) groups excluding carboxylic acids is 2. The number of hydrogen-bond acceptors (Lipinski definition) is 9. The van der Waals surface area contributed by atoms with Crippen LogP contribution in [0, 0.1) is 0 Å². The number of thiazole rings is 1. The fraction of sp³-hybridized carbons (Fsp3) is 0.250. The molecule has 0 saturated carbocycles. The number of carboxylic acids is 1. The molecular weight excluding hydrogens is 492 g/mol. The standard InChI is InChI=1S/C24H24N2O7S2/c1-15(14-31-2)32-18-10-17(11-19(12-18)33-23(30)16-6-4-3-5-7-16)22(29)26-24-25-13-21(35-24)34-9-8-20(27)28/h3-7,10-13,15H,8-9,14H2,1-2H3,(H,27,28)(H,25,26,29)/t15-/m0/s1. The Morgan fingerprint density at radius 1 is 1.11 bits per heavy atom. The fourth-order valence-electron chi connectivity index (χ4n) is 2.86. The minimum atomic E-state index is -0.874. The maximum atomic E-state index is 12.9. The van der Waals surface area contributed by atoms with Crippen molar-refractivity contribution in [2.75, 3.05) is 24.8 Å². The number of carbonyl (C=O) groups is 3. The third-order valence-corrected chi connectivity index (χ3v) is 6.48. The zero-order valence-corrected chi connectivity index (χ0v) is 20.7. The van der Waals surface area contributed by atoms with Gasteiger partial charge in [-0.1, -0.05) is 29.5 Å². The van der Waals surface area contributed by atoms with E-state index in [1.807, 2.05) is 6.92 Å². The molecule has 2 N–H and O–H groups in total. The van der Waals surface area contributed by atoms with Gasteiger partial charge in [-0.25, -0.2) is 9.78 Å². The van der Waals surface area contributed by atoms with Crippen LogP contribution in [0.3, 0.4) is 0 Å². The Morgan fingerprint density at radius 3 is 2.57 bits per heavy atom. The molecule has 2 aromatic carbocycles. The van der Waals surface area contributed by atoms with E-state index in [2.05, 4.69) is 10.3 Å². The van der Waals surface area contributed by atoms with Crippen LogP contribution < -0.4 is 14.8 Å². The lowest BCUT2D eigenvalue weighted by molar-refractivity contribution is -0.136. The van der Waals surface area contributed by atoms with Crippen LogP contribution in [0.5, 0.6) is 11.5 Å². The molecule has 0 bridgehead atoms. The van der Waals surface area contributed by atoms with Gasteiger partial charge in [-0.3, -0.25) is 14.9 Å². The number of ether oxygens (including phenoxy) is 3. The predicted octanol–water partition coefficient (Wildman–Crippen LogP) is 4.60. The first kappa shape index (κ1) is 26.2. The average Bonchev–Trinajstić information content (AvgIpc) is 3.26. The Hall–Kier alpha value is -3.41. The Bertz CT molecular complexity index is 1170. The SMILES string of the molecule is COC[C@H](C)Oc1cc(OC(=O)c2ccccc2)cc(C(=O)Nc2ncc(SCCC(=O)O)s2)c1. The van der Waals surface area contributed by atoms with Gasteiger partial charge in [0, 0.05) is 24.5 Å². The van der Waals surface area contributed by atoms with Gasteiger partial charge in [-0.15, -0.1) is 11.8 Å². The van der Waals surface area contributed by atoms with Gasteiger partial charge in [0.25, 0.3) is 5.91 Å². The van der Waals surface area contributed by atoms with Crippen LogP contribution in [0.15, 0.2) is 58.9 Å². The summed E-state index contributed by atoms with van der Waals surface area (Å²) in [5.41, 5.74) is 0.576. The Balaban J connectivity index is 1.76. The minimum Gasteiger partial charge on any atom is -0.488 e. The van der Waals surface area contributed by atoms with Gasteiger partial charge >= 0.3 is 11.9 Å². The lowest BCUT2D eigenvalue weighted by Gasteiger charge is -2.16. The fourth-order valence-corrected chi connectivity index (χ4v) is 4.74. The van der Waals surface area contributed by atoms with E-state index in [1.165, 1.54) is 41.3 Å². The number of nitrogens with one attached hydrogen (secondary N) is 1. The van der Waals surface area contributed by atoms with Crippen molar-refractivity contribution in [1.29, 1.82) is 0 Å². The zero-order valence-electron chi connectivity index (χ0n) is 19.1. The number of benzene rings is 2. The first-order chi connectivity index (χ1) is 16.8. The van der Waals surface area contributed by atoms with Gasteiger partial charge in [-0.2, -0.15) is 0 Å². The van der Waals surface area contributed by atoms with Crippen molar-refractivity contribution in [2.45, 2.75) is 23.7 Å². The Labute approximate surface area is 210 Å². The molecule has 0 unspecified atom stereocenters. The number of anilines is 1. The van der Waals surface area contributed by atoms with E-state index in [1.54, 1.807) is 43.6 Å². The number of aliphatic carboxylic acids is 1. The summed E-state index contributed by atoms with van der Waals surface area (Å²) in [7, 11) is 1.55. The molecule has 0 radical (unpaired) electrons. The highest BCUT2D eigenvalue weighted by atomic mass is 32.2. The molecule has 35 heavy (non-hydrogen) atoms. The third kappa shape index (κ3) is 8.39. The summed E-state index contributed by atoms with van der Waals surface area (Å²) >= 11 is 2.58. The van der Waals surface area contributed by atoms with Crippen molar-refractivity contribution in [1.82, 2.24) is 4.98 Å². The second-order valence-electron chi connectivity index (χ2n) is 7.26. The summed E-state index contributed by atoms with van der Waals surface area (Å²) in [6, 6.07) is 13.0. The largest absolute Gasteiger partial charge is 0.488 e. The number of esters is 1. The number of nitrogens with zero attached hydrogens (tertiary/aromatic N) is 1. The molecule has 1 atom stereocenters. The quantitative estimate of drug-likeness (QED) is 0.202. The number of thioether (sulfide) groups is 1. The van der Waals surface area contributed by atoms with Crippen molar-refractivity contribution in [2.24, 2.45) is 0 Å². The number of carboxylic acid groups (broad SMARTS) is 1. The molecule has 11 heteroatoms. The van der Waals surface area contributed by atoms with E-state index in [9.17, 15) is 14.4 Å². The number of hydrogen-bond donors (Lipinski definition) is 2. The molecule has 0 aliphatic rings. The van der Waals surface area contributed by atoms with Crippen molar-refractivity contribution >= 4 is 46.1 Å². The van der Waals surface area contributed by atoms with Crippen LogP contribution >= 0.6 is 23.1 Å². The number of aromatic nitrogens is 1. The minimum absolute atomic E-state index is 0.0308. The van der Waals surface area contributed by atoms with Crippen LogP contribution in [0.2, 0.25) is 0 Å². The summed E-state index contributed by atoms with van der Waals surface area (Å²) in [5, 5.41) is 11.8. The topological polar surface area (TPSA) is 124 Å². The summed E-state index contributed by atoms with van der Waals surface area (Å²) in [4.78, 5) is 40.3. The number of amides is 1. The van der Waals surface area contributed by atoms with E-state index in [0.717, 1.165) is 4.21 Å². The molecule has 1 heterocycles. The zero-order chi connectivity index (χ0) is 25.2. The van der Waals surface area contributed by atoms with Crippen molar-refractivity contribution in [3.05, 3.63) is 65.9 Å². The molecule has 184 valence electrons. The van der Waals surface area contributed by atoms with E-state index < -0.39 is 17.8 Å². The summed E-state index contributed by atoms with van der Waals surface area (Å²) < 4.78 is 17.2. The molecule has 0 aliphatic heterocycles. The summed E-state index contributed by atoms with van der Waals surface area (Å²) in [6.07, 6.45) is 1.30. The molecule has 9 nitrogen and oxygen atoms in total. The predicted molar refractivity (Wildman–Crippen MR) is 133 cm³/mol. The lowest BCUT2D eigenvalue weighted by Crippen LogP contribution is -2.19. The smallest absolute Gasteiger partial charge is 0.343 e. The van der Waals surface area contributed by atoms with Gasteiger partial charge in [0.2, 0.25) is 0 Å². The van der Waals surface area contributed by atoms with Crippen LogP contribution in [-0.4, -0.2) is 53.5 Å². The molecular formula is C24H24N2O7S2. The first-order valence-electron chi connectivity index (χ1n) is 10.5. The average molecular weight is 517 g/mol. The third-order valence-electron chi connectivity index (χ3n) is 4.37. The normalized spacial score (nSPS) is 11.5. The van der Waals surface area contributed by atoms with E-state index in [-0.39, 0.29) is 23.8 Å². The molecule has 0 fully saturated rings. The summed E-state index contributed by atoms with van der Waals surface area (Å²) in [5.74, 6) is -1.02. The first-order valence-corrected chi connectivity index (χ1v) is 12.3. The lowest BCUT2D eigenvalue weighted by atomic mass is 10.2. The number of methoxy groups -OCH3 is 1. The maximum Gasteiger partial charge on any atom is 0.343 e.